The molecule has 0 radical (unpaired) electrons. The summed E-state index contributed by atoms with van der Waals surface area (Å²) in [5, 5.41) is 2.99. The zero-order valence-electron chi connectivity index (χ0n) is 13.6. The van der Waals surface area contributed by atoms with Gasteiger partial charge in [0.05, 0.1) is 0 Å². The lowest BCUT2D eigenvalue weighted by Gasteiger charge is -2.12. The molecular weight excluding hydrogens is 276 g/mol. The Morgan fingerprint density at radius 2 is 1.91 bits per heavy atom. The van der Waals surface area contributed by atoms with Crippen molar-refractivity contribution in [2.75, 3.05) is 6.54 Å². The van der Waals surface area contributed by atoms with E-state index >= 15 is 0 Å². The number of hydrogen-bond acceptors (Lipinski definition) is 3. The number of aryl methyl sites for hydroxylation is 1. The van der Waals surface area contributed by atoms with Crippen molar-refractivity contribution in [3.8, 4) is 11.3 Å². The molecule has 4 nitrogen and oxygen atoms in total. The Balaban J connectivity index is 2.01. The summed E-state index contributed by atoms with van der Waals surface area (Å²) in [4.78, 5) is 16.5. The first kappa shape index (κ1) is 16.3. The maximum Gasteiger partial charge on any atom is 0.223 e. The largest absolute Gasteiger partial charge is 0.445 e. The van der Waals surface area contributed by atoms with Crippen LogP contribution in [0.4, 0.5) is 0 Å². The molecule has 0 spiro atoms. The number of hydrogen-bond donors (Lipinski definition) is 1. The third-order valence-corrected chi connectivity index (χ3v) is 3.86. The lowest BCUT2D eigenvalue weighted by Crippen LogP contribution is -2.31. The molecule has 1 heterocycles. The smallest absolute Gasteiger partial charge is 0.223 e. The van der Waals surface area contributed by atoms with Gasteiger partial charge in [-0.15, -0.1) is 0 Å². The van der Waals surface area contributed by atoms with Gasteiger partial charge in [-0.3, -0.25) is 4.79 Å². The van der Waals surface area contributed by atoms with E-state index in [0.717, 1.165) is 29.9 Å². The molecule has 0 saturated heterocycles. The molecule has 2 aromatic rings. The molecule has 4 heteroatoms. The predicted octanol–water partition coefficient (Wildman–Crippen LogP) is 3.74. The van der Waals surface area contributed by atoms with Crippen molar-refractivity contribution in [1.82, 2.24) is 10.3 Å². The molecule has 0 unspecified atom stereocenters. The number of oxazole rings is 1. The van der Waals surface area contributed by atoms with Crippen molar-refractivity contribution in [2.24, 2.45) is 5.92 Å². The Morgan fingerprint density at radius 1 is 1.23 bits per heavy atom. The summed E-state index contributed by atoms with van der Waals surface area (Å²) in [5.74, 6) is 1.71. The van der Waals surface area contributed by atoms with E-state index in [-0.39, 0.29) is 11.8 Å². The highest BCUT2D eigenvalue weighted by molar-refractivity contribution is 5.78. The van der Waals surface area contributed by atoms with Gasteiger partial charge in [0, 0.05) is 31.4 Å². The minimum absolute atomic E-state index is 0.102. The van der Waals surface area contributed by atoms with Gasteiger partial charge in [0.15, 0.2) is 5.89 Å². The van der Waals surface area contributed by atoms with Gasteiger partial charge < -0.3 is 9.73 Å². The van der Waals surface area contributed by atoms with E-state index in [1.54, 1.807) is 0 Å². The van der Waals surface area contributed by atoms with Crippen molar-refractivity contribution in [3.63, 3.8) is 0 Å². The second-order valence-electron chi connectivity index (χ2n) is 5.43. The van der Waals surface area contributed by atoms with Crippen LogP contribution in [0.5, 0.6) is 0 Å². The molecule has 0 saturated carbocycles. The first-order chi connectivity index (χ1) is 10.7. The van der Waals surface area contributed by atoms with Gasteiger partial charge in [0.25, 0.3) is 0 Å². The molecule has 0 aliphatic carbocycles. The lowest BCUT2D eigenvalue weighted by atomic mass is 10.0. The van der Waals surface area contributed by atoms with Crippen LogP contribution < -0.4 is 5.32 Å². The standard InChI is InChI=1S/C18H24N2O2/c1-4-14(5-2)18(21)19-12-11-16-17(20-13(3)22-16)15-9-7-6-8-10-15/h6-10,14H,4-5,11-12H2,1-3H3,(H,19,21). The van der Waals surface area contributed by atoms with Gasteiger partial charge in [-0.2, -0.15) is 0 Å². The topological polar surface area (TPSA) is 55.1 Å². The van der Waals surface area contributed by atoms with Crippen molar-refractivity contribution in [1.29, 1.82) is 0 Å². The number of benzene rings is 1. The molecule has 1 aromatic heterocycles. The van der Waals surface area contributed by atoms with Crippen molar-refractivity contribution < 1.29 is 9.21 Å². The van der Waals surface area contributed by atoms with E-state index in [4.69, 9.17) is 4.42 Å². The second-order valence-corrected chi connectivity index (χ2v) is 5.43. The summed E-state index contributed by atoms with van der Waals surface area (Å²) < 4.78 is 5.70. The minimum atomic E-state index is 0.102. The molecule has 0 aliphatic rings. The summed E-state index contributed by atoms with van der Waals surface area (Å²) in [6.45, 7) is 6.50. The van der Waals surface area contributed by atoms with Crippen LogP contribution in [0.25, 0.3) is 11.3 Å². The Labute approximate surface area is 131 Å². The van der Waals surface area contributed by atoms with E-state index < -0.39 is 0 Å². The predicted molar refractivity (Wildman–Crippen MR) is 87.5 cm³/mol. The fraction of sp³-hybridized carbons (Fsp3) is 0.444. The number of aromatic nitrogens is 1. The van der Waals surface area contributed by atoms with Gasteiger partial charge in [-0.05, 0) is 12.8 Å². The van der Waals surface area contributed by atoms with E-state index in [1.807, 2.05) is 51.1 Å². The molecule has 0 bridgehead atoms. The first-order valence-electron chi connectivity index (χ1n) is 7.95. The van der Waals surface area contributed by atoms with Gasteiger partial charge >= 0.3 is 0 Å². The fourth-order valence-electron chi connectivity index (χ4n) is 2.56. The molecule has 1 N–H and O–H groups in total. The van der Waals surface area contributed by atoms with E-state index in [9.17, 15) is 4.79 Å². The molecule has 2 rings (SSSR count). The van der Waals surface area contributed by atoms with Gasteiger partial charge in [0.2, 0.25) is 5.91 Å². The quantitative estimate of drug-likeness (QED) is 0.847. The van der Waals surface area contributed by atoms with Crippen LogP contribution in [0.2, 0.25) is 0 Å². The molecule has 22 heavy (non-hydrogen) atoms. The molecule has 1 aromatic carbocycles. The molecule has 0 fully saturated rings. The zero-order chi connectivity index (χ0) is 15.9. The van der Waals surface area contributed by atoms with Gasteiger partial charge in [0.1, 0.15) is 11.5 Å². The minimum Gasteiger partial charge on any atom is -0.445 e. The van der Waals surface area contributed by atoms with E-state index in [2.05, 4.69) is 10.3 Å². The van der Waals surface area contributed by atoms with E-state index in [0.29, 0.717) is 18.9 Å². The highest BCUT2D eigenvalue weighted by Crippen LogP contribution is 2.23. The molecular formula is C18H24N2O2. The monoisotopic (exact) mass is 300 g/mol. The van der Waals surface area contributed by atoms with Crippen LogP contribution in [0, 0.1) is 12.8 Å². The summed E-state index contributed by atoms with van der Waals surface area (Å²) in [6, 6.07) is 9.98. The van der Waals surface area contributed by atoms with Crippen LogP contribution in [-0.2, 0) is 11.2 Å². The van der Waals surface area contributed by atoms with Crippen LogP contribution in [0.1, 0.15) is 38.3 Å². The maximum absolute atomic E-state index is 12.0. The molecule has 0 aliphatic heterocycles. The number of rotatable bonds is 7. The Hall–Kier alpha value is -2.10. The SMILES string of the molecule is CCC(CC)C(=O)NCCc1oc(C)nc1-c1ccccc1. The fourth-order valence-corrected chi connectivity index (χ4v) is 2.56. The number of nitrogens with zero attached hydrogens (tertiary/aromatic N) is 1. The van der Waals surface area contributed by atoms with Crippen molar-refractivity contribution in [3.05, 3.63) is 42.0 Å². The third-order valence-electron chi connectivity index (χ3n) is 3.86. The Morgan fingerprint density at radius 3 is 2.55 bits per heavy atom. The highest BCUT2D eigenvalue weighted by Gasteiger charge is 2.16. The number of carbonyl (C=O) groups is 1. The number of amides is 1. The third kappa shape index (κ3) is 3.97. The zero-order valence-corrected chi connectivity index (χ0v) is 13.6. The first-order valence-corrected chi connectivity index (χ1v) is 7.95. The van der Waals surface area contributed by atoms with Crippen LogP contribution in [0.15, 0.2) is 34.7 Å². The normalized spacial score (nSPS) is 10.9. The van der Waals surface area contributed by atoms with Crippen molar-refractivity contribution in [2.45, 2.75) is 40.0 Å². The van der Waals surface area contributed by atoms with Gasteiger partial charge in [-0.25, -0.2) is 4.98 Å². The lowest BCUT2D eigenvalue weighted by molar-refractivity contribution is -0.125. The highest BCUT2D eigenvalue weighted by atomic mass is 16.4. The van der Waals surface area contributed by atoms with Crippen LogP contribution in [0.3, 0.4) is 0 Å². The molecule has 1 amide bonds. The average molecular weight is 300 g/mol. The Bertz CT molecular complexity index is 601. The van der Waals surface area contributed by atoms with Gasteiger partial charge in [-0.1, -0.05) is 44.2 Å². The molecule has 0 atom stereocenters. The van der Waals surface area contributed by atoms with Crippen LogP contribution in [-0.4, -0.2) is 17.4 Å². The van der Waals surface area contributed by atoms with E-state index in [1.165, 1.54) is 0 Å². The summed E-state index contributed by atoms with van der Waals surface area (Å²) in [6.07, 6.45) is 2.40. The Kier molecular flexibility index (Phi) is 5.75. The summed E-state index contributed by atoms with van der Waals surface area (Å²) >= 11 is 0. The number of carbonyl (C=O) groups excluding carboxylic acids is 1. The second kappa shape index (κ2) is 7.78. The maximum atomic E-state index is 12.0. The van der Waals surface area contributed by atoms with Crippen LogP contribution >= 0.6 is 0 Å². The van der Waals surface area contributed by atoms with Crippen molar-refractivity contribution >= 4 is 5.91 Å². The summed E-state index contributed by atoms with van der Waals surface area (Å²) in [7, 11) is 0. The summed E-state index contributed by atoms with van der Waals surface area (Å²) in [5.41, 5.74) is 1.91. The molecule has 118 valence electrons. The number of nitrogens with one attached hydrogen (secondary N) is 1. The average Bonchev–Trinajstić information content (AvgIpc) is 2.90.